The van der Waals surface area contributed by atoms with E-state index in [2.05, 4.69) is 43.3 Å². The monoisotopic (exact) mass is 470 g/mol. The third kappa shape index (κ3) is 12.1. The molecule has 0 atom stereocenters. The van der Waals surface area contributed by atoms with Gasteiger partial charge in [-0.15, -0.1) is 0 Å². The van der Waals surface area contributed by atoms with E-state index < -0.39 is 7.81 Å². The van der Waals surface area contributed by atoms with Gasteiger partial charge in [0.2, 0.25) is 0 Å². The Bertz CT molecular complexity index is 626. The Kier molecular flexibility index (Phi) is 5.63. The summed E-state index contributed by atoms with van der Waals surface area (Å²) < 4.78 is 67.2. The molecule has 0 N–H and O–H groups in total. The molecule has 2 rings (SSSR count). The molecule has 0 saturated heterocycles. The molecule has 0 unspecified atom stereocenters. The van der Waals surface area contributed by atoms with Crippen LogP contribution in [-0.2, 0) is 0 Å². The molecule has 0 heterocycles. The van der Waals surface area contributed by atoms with Gasteiger partial charge in [0.1, 0.15) is 5.75 Å². The van der Waals surface area contributed by atoms with Crippen LogP contribution in [-0.4, -0.2) is 7.11 Å². The molecule has 0 saturated carbocycles. The van der Waals surface area contributed by atoms with Gasteiger partial charge in [-0.2, -0.15) is 0 Å². The maximum atomic E-state index is 9.87. The van der Waals surface area contributed by atoms with Gasteiger partial charge in [-0.1, -0.05) is 17.7 Å². The Balaban J connectivity index is 0.000000322. The summed E-state index contributed by atoms with van der Waals surface area (Å²) in [7, 11) is -8.96. The molecule has 0 amide bonds. The number of halogens is 7. The van der Waals surface area contributed by atoms with Crippen molar-refractivity contribution in [3.63, 3.8) is 0 Å². The van der Waals surface area contributed by atoms with Crippen LogP contribution >= 0.6 is 7.81 Å². The molecule has 0 radical (unpaired) electrons. The Labute approximate surface area is 140 Å². The van der Waals surface area contributed by atoms with Gasteiger partial charge in [-0.3, -0.25) is 0 Å². The molecular formula is C14H14F6IOP. The first kappa shape index (κ1) is 20.0. The van der Waals surface area contributed by atoms with Crippen LogP contribution in [0.1, 0.15) is 5.56 Å². The minimum atomic E-state index is -10.7. The second-order valence-electron chi connectivity index (χ2n) is 4.51. The molecule has 0 aliphatic carbocycles. The van der Waals surface area contributed by atoms with Gasteiger partial charge in [-0.25, -0.2) is 0 Å². The van der Waals surface area contributed by atoms with Crippen molar-refractivity contribution in [3.05, 3.63) is 61.2 Å². The molecule has 23 heavy (non-hydrogen) atoms. The molecule has 2 aromatic carbocycles. The van der Waals surface area contributed by atoms with Gasteiger partial charge < -0.3 is 4.74 Å². The van der Waals surface area contributed by atoms with Crippen molar-refractivity contribution < 1.29 is 51.1 Å². The van der Waals surface area contributed by atoms with E-state index in [0.717, 1.165) is 5.75 Å². The molecule has 9 heteroatoms. The second-order valence-corrected chi connectivity index (χ2v) is 9.45. The van der Waals surface area contributed by atoms with E-state index in [9.17, 15) is 25.2 Å². The van der Waals surface area contributed by atoms with E-state index in [-0.39, 0.29) is 21.2 Å². The number of aryl methyl sites for hydroxylation is 1. The summed E-state index contributed by atoms with van der Waals surface area (Å²) in [5, 5.41) is 0. The van der Waals surface area contributed by atoms with Gasteiger partial charge in [0.25, 0.3) is 0 Å². The molecule has 1 nitrogen and oxygen atoms in total. The number of ether oxygens (including phenoxy) is 1. The summed E-state index contributed by atoms with van der Waals surface area (Å²) >= 11 is -0.0577. The van der Waals surface area contributed by atoms with Crippen LogP contribution in [0.3, 0.4) is 0 Å². The molecule has 130 valence electrons. The zero-order chi connectivity index (χ0) is 17.8. The molecule has 0 fully saturated rings. The van der Waals surface area contributed by atoms with Crippen LogP contribution in [0.25, 0.3) is 0 Å². The number of benzene rings is 2. The second kappa shape index (κ2) is 6.47. The predicted octanol–water partition coefficient (Wildman–Crippen LogP) is 3.51. The average molecular weight is 470 g/mol. The quantitative estimate of drug-likeness (QED) is 0.379. The molecule has 0 aromatic heterocycles. The third-order valence-electron chi connectivity index (χ3n) is 2.28. The fourth-order valence-corrected chi connectivity index (χ4v) is 3.51. The minimum absolute atomic E-state index is 0.0577. The van der Waals surface area contributed by atoms with Crippen molar-refractivity contribution in [3.8, 4) is 5.75 Å². The Morgan fingerprint density at radius 1 is 0.739 bits per heavy atom. The Hall–Kier alpha value is -1.02. The van der Waals surface area contributed by atoms with Gasteiger partial charge in [-0.05, 0) is 43.3 Å². The molecular weight excluding hydrogens is 456 g/mol. The molecule has 2 aromatic rings. The van der Waals surface area contributed by atoms with Crippen LogP contribution < -0.4 is 25.9 Å². The van der Waals surface area contributed by atoms with E-state index in [4.69, 9.17) is 4.74 Å². The van der Waals surface area contributed by atoms with Crippen molar-refractivity contribution in [2.75, 3.05) is 7.11 Å². The summed E-state index contributed by atoms with van der Waals surface area (Å²) in [6, 6.07) is 17.2. The average Bonchev–Trinajstić information content (AvgIpc) is 2.39. The van der Waals surface area contributed by atoms with Gasteiger partial charge >= 0.3 is 54.2 Å². The zero-order valence-electron chi connectivity index (χ0n) is 12.1. The van der Waals surface area contributed by atoms with Crippen molar-refractivity contribution in [2.45, 2.75) is 6.92 Å². The maximum absolute atomic E-state index is 10.7. The van der Waals surface area contributed by atoms with Crippen LogP contribution in [0.5, 0.6) is 5.75 Å². The summed E-state index contributed by atoms with van der Waals surface area (Å²) in [5.74, 6) is 0.927. The summed E-state index contributed by atoms with van der Waals surface area (Å²) in [6.45, 7) is 2.12. The molecule has 0 bridgehead atoms. The Morgan fingerprint density at radius 3 is 1.43 bits per heavy atom. The normalized spacial score (nSPS) is 14.1. The van der Waals surface area contributed by atoms with Crippen LogP contribution in [0.2, 0.25) is 0 Å². The first-order chi connectivity index (χ1) is 10.2. The van der Waals surface area contributed by atoms with Crippen LogP contribution in [0, 0.1) is 14.1 Å². The van der Waals surface area contributed by atoms with Crippen LogP contribution in [0.15, 0.2) is 48.5 Å². The van der Waals surface area contributed by atoms with Gasteiger partial charge in [0.15, 0.2) is 7.14 Å². The first-order valence-electron chi connectivity index (χ1n) is 6.15. The van der Waals surface area contributed by atoms with E-state index in [0.29, 0.717) is 0 Å². The summed E-state index contributed by atoms with van der Waals surface area (Å²) in [5.41, 5.74) is 1.32. The third-order valence-corrected chi connectivity index (χ3v) is 4.96. The zero-order valence-corrected chi connectivity index (χ0v) is 15.2. The summed E-state index contributed by atoms with van der Waals surface area (Å²) in [4.78, 5) is 0. The fourth-order valence-electron chi connectivity index (χ4n) is 1.36. The first-order valence-corrected chi connectivity index (χ1v) is 10.3. The van der Waals surface area contributed by atoms with E-state index in [1.165, 1.54) is 12.7 Å². The Morgan fingerprint density at radius 2 is 1.09 bits per heavy atom. The van der Waals surface area contributed by atoms with Gasteiger partial charge in [0.05, 0.1) is 7.11 Å². The number of methoxy groups -OCH3 is 1. The number of rotatable bonds is 3. The van der Waals surface area contributed by atoms with Crippen molar-refractivity contribution >= 4 is 7.81 Å². The molecule has 0 spiro atoms. The van der Waals surface area contributed by atoms with Crippen molar-refractivity contribution in [1.82, 2.24) is 0 Å². The topological polar surface area (TPSA) is 9.23 Å². The van der Waals surface area contributed by atoms with E-state index >= 15 is 0 Å². The SMILES string of the molecule is COc1ccc([I+]c2ccc(C)cc2)cc1.F[P-](F)(F)(F)(F)F. The standard InChI is InChI=1S/C14H14IO.F6P/c1-11-3-5-12(6-4-11)15-13-7-9-14(16-2)10-8-13;1-7(2,3,4,5)6/h3-10H,1-2H3;/q+1;-1. The fraction of sp³-hybridized carbons (Fsp3) is 0.143. The predicted molar refractivity (Wildman–Crippen MR) is 75.1 cm³/mol. The summed E-state index contributed by atoms with van der Waals surface area (Å²) in [6.07, 6.45) is 0. The van der Waals surface area contributed by atoms with Crippen molar-refractivity contribution in [2.24, 2.45) is 0 Å². The molecule has 0 aliphatic heterocycles. The van der Waals surface area contributed by atoms with Crippen molar-refractivity contribution in [1.29, 1.82) is 0 Å². The molecule has 0 aliphatic rings. The van der Waals surface area contributed by atoms with Gasteiger partial charge in [0, 0.05) is 0 Å². The van der Waals surface area contributed by atoms with Crippen LogP contribution in [0.4, 0.5) is 25.2 Å². The number of hydrogen-bond acceptors (Lipinski definition) is 1. The van der Waals surface area contributed by atoms with E-state index in [1.54, 1.807) is 7.11 Å². The number of hydrogen-bond donors (Lipinski definition) is 0. The van der Waals surface area contributed by atoms with E-state index in [1.807, 2.05) is 12.1 Å².